The van der Waals surface area contributed by atoms with Crippen LogP contribution in [0.25, 0.3) is 0 Å². The zero-order valence-electron chi connectivity index (χ0n) is 11.5. The predicted octanol–water partition coefficient (Wildman–Crippen LogP) is 2.97. The van der Waals surface area contributed by atoms with Crippen LogP contribution in [-0.4, -0.2) is 29.3 Å². The van der Waals surface area contributed by atoms with Crippen molar-refractivity contribution in [2.45, 2.75) is 6.42 Å². The number of hydrogen-bond acceptors (Lipinski definition) is 4. The molecule has 0 radical (unpaired) electrons. The van der Waals surface area contributed by atoms with Crippen molar-refractivity contribution < 1.29 is 19.7 Å². The number of ether oxygens (including phenoxy) is 1. The fraction of sp³-hybridized carbons (Fsp3) is 0.188. The van der Waals surface area contributed by atoms with E-state index >= 15 is 0 Å². The molecule has 5 heteroatoms. The highest BCUT2D eigenvalue weighted by atomic mass is 16.5. The lowest BCUT2D eigenvalue weighted by molar-refractivity contribution is 0.0694. The number of hydrogen-bond donors (Lipinski definition) is 3. The molecule has 0 saturated heterocycles. The molecule has 0 unspecified atom stereocenters. The summed E-state index contributed by atoms with van der Waals surface area (Å²) in [6, 6.07) is 14.0. The molecule has 5 nitrogen and oxygen atoms in total. The number of aromatic carboxylic acids is 1. The van der Waals surface area contributed by atoms with Crippen molar-refractivity contribution >= 4 is 11.7 Å². The molecule has 21 heavy (non-hydrogen) atoms. The van der Waals surface area contributed by atoms with Crippen LogP contribution >= 0.6 is 0 Å². The topological polar surface area (TPSA) is 78.8 Å². The lowest BCUT2D eigenvalue weighted by atomic mass is 10.2. The highest BCUT2D eigenvalue weighted by Crippen LogP contribution is 2.21. The molecule has 0 aliphatic rings. The zero-order chi connectivity index (χ0) is 15.1. The maximum atomic E-state index is 10.9. The Morgan fingerprint density at radius 1 is 1.14 bits per heavy atom. The number of carboxylic acids is 1. The van der Waals surface area contributed by atoms with Crippen molar-refractivity contribution in [3.63, 3.8) is 0 Å². The number of anilines is 1. The lowest BCUT2D eigenvalue weighted by Crippen LogP contribution is -2.08. The Bertz CT molecular complexity index is 598. The summed E-state index contributed by atoms with van der Waals surface area (Å²) in [4.78, 5) is 10.9. The SMILES string of the molecule is O=C(O)c1cc(NCCCOc2ccccc2)ccc1O. The van der Waals surface area contributed by atoms with Gasteiger partial charge in [-0.15, -0.1) is 0 Å². The van der Waals surface area contributed by atoms with Gasteiger partial charge in [0, 0.05) is 12.2 Å². The van der Waals surface area contributed by atoms with Crippen LogP contribution in [0, 0.1) is 0 Å². The molecule has 0 aliphatic heterocycles. The molecule has 0 amide bonds. The average molecular weight is 287 g/mol. The van der Waals surface area contributed by atoms with E-state index in [0.717, 1.165) is 12.2 Å². The summed E-state index contributed by atoms with van der Waals surface area (Å²) >= 11 is 0. The molecule has 0 atom stereocenters. The smallest absolute Gasteiger partial charge is 0.339 e. The number of benzene rings is 2. The number of carbonyl (C=O) groups is 1. The molecule has 2 aromatic carbocycles. The Balaban J connectivity index is 1.76. The molecular weight excluding hydrogens is 270 g/mol. The molecule has 0 saturated carbocycles. The highest BCUT2D eigenvalue weighted by molar-refractivity contribution is 5.91. The van der Waals surface area contributed by atoms with Gasteiger partial charge < -0.3 is 20.3 Å². The van der Waals surface area contributed by atoms with Crippen molar-refractivity contribution in [3.05, 3.63) is 54.1 Å². The van der Waals surface area contributed by atoms with Gasteiger partial charge in [-0.3, -0.25) is 0 Å². The quantitative estimate of drug-likeness (QED) is 0.539. The van der Waals surface area contributed by atoms with Crippen LogP contribution in [0.1, 0.15) is 16.8 Å². The second-order valence-electron chi connectivity index (χ2n) is 4.48. The zero-order valence-corrected chi connectivity index (χ0v) is 11.5. The van der Waals surface area contributed by atoms with Crippen molar-refractivity contribution in [2.75, 3.05) is 18.5 Å². The maximum absolute atomic E-state index is 10.9. The van der Waals surface area contributed by atoms with Crippen LogP contribution in [0.3, 0.4) is 0 Å². The van der Waals surface area contributed by atoms with E-state index < -0.39 is 5.97 Å². The molecule has 2 rings (SSSR count). The van der Waals surface area contributed by atoms with Crippen molar-refractivity contribution in [1.82, 2.24) is 0 Å². The number of nitrogens with one attached hydrogen (secondary N) is 1. The summed E-state index contributed by atoms with van der Waals surface area (Å²) in [5.74, 6) is -0.556. The minimum atomic E-state index is -1.15. The fourth-order valence-electron chi connectivity index (χ4n) is 1.83. The van der Waals surface area contributed by atoms with Crippen LogP contribution in [0.5, 0.6) is 11.5 Å². The van der Waals surface area contributed by atoms with Crippen LogP contribution < -0.4 is 10.1 Å². The number of rotatable bonds is 7. The van der Waals surface area contributed by atoms with Gasteiger partial charge in [-0.05, 0) is 36.8 Å². The van der Waals surface area contributed by atoms with Gasteiger partial charge in [0.1, 0.15) is 17.1 Å². The molecule has 0 spiro atoms. The number of phenols is 1. The molecule has 0 aliphatic carbocycles. The summed E-state index contributed by atoms with van der Waals surface area (Å²) < 4.78 is 5.55. The standard InChI is InChI=1S/C16H17NO4/c18-15-8-7-12(11-14(15)16(19)20)17-9-4-10-21-13-5-2-1-3-6-13/h1-3,5-8,11,17-18H,4,9-10H2,(H,19,20). The molecule has 2 aromatic rings. The molecular formula is C16H17NO4. The van der Waals surface area contributed by atoms with Crippen LogP contribution in [-0.2, 0) is 0 Å². The van der Waals surface area contributed by atoms with Crippen molar-refractivity contribution in [1.29, 1.82) is 0 Å². The number of para-hydroxylation sites is 1. The van der Waals surface area contributed by atoms with E-state index in [1.807, 2.05) is 30.3 Å². The van der Waals surface area contributed by atoms with E-state index in [9.17, 15) is 9.90 Å². The van der Waals surface area contributed by atoms with E-state index in [2.05, 4.69) is 5.32 Å². The van der Waals surface area contributed by atoms with Gasteiger partial charge in [-0.2, -0.15) is 0 Å². The van der Waals surface area contributed by atoms with E-state index in [1.54, 1.807) is 6.07 Å². The lowest BCUT2D eigenvalue weighted by Gasteiger charge is -2.09. The second-order valence-corrected chi connectivity index (χ2v) is 4.48. The Morgan fingerprint density at radius 2 is 1.90 bits per heavy atom. The largest absolute Gasteiger partial charge is 0.507 e. The van der Waals surface area contributed by atoms with Crippen molar-refractivity contribution in [3.8, 4) is 11.5 Å². The summed E-state index contributed by atoms with van der Waals surface area (Å²) in [7, 11) is 0. The minimum absolute atomic E-state index is 0.111. The first-order chi connectivity index (χ1) is 10.2. The second kappa shape index (κ2) is 7.19. The Labute approximate surface area is 122 Å². The third-order valence-electron chi connectivity index (χ3n) is 2.89. The monoisotopic (exact) mass is 287 g/mol. The van der Waals surface area contributed by atoms with E-state index in [0.29, 0.717) is 18.8 Å². The predicted molar refractivity (Wildman–Crippen MR) is 80.1 cm³/mol. The Kier molecular flexibility index (Phi) is 5.04. The van der Waals surface area contributed by atoms with E-state index in [4.69, 9.17) is 9.84 Å². The van der Waals surface area contributed by atoms with E-state index in [1.165, 1.54) is 12.1 Å². The summed E-state index contributed by atoms with van der Waals surface area (Å²) in [6.45, 7) is 1.22. The molecule has 3 N–H and O–H groups in total. The summed E-state index contributed by atoms with van der Waals surface area (Å²) in [6.07, 6.45) is 0.776. The molecule has 0 aromatic heterocycles. The van der Waals surface area contributed by atoms with Gasteiger partial charge in [0.2, 0.25) is 0 Å². The van der Waals surface area contributed by atoms with Gasteiger partial charge in [0.25, 0.3) is 0 Å². The van der Waals surface area contributed by atoms with E-state index in [-0.39, 0.29) is 11.3 Å². The number of aromatic hydroxyl groups is 1. The minimum Gasteiger partial charge on any atom is -0.507 e. The molecule has 0 fully saturated rings. The van der Waals surface area contributed by atoms with Crippen LogP contribution in [0.15, 0.2) is 48.5 Å². The molecule has 0 heterocycles. The average Bonchev–Trinajstić information content (AvgIpc) is 2.49. The van der Waals surface area contributed by atoms with Crippen molar-refractivity contribution in [2.24, 2.45) is 0 Å². The Morgan fingerprint density at radius 3 is 2.62 bits per heavy atom. The van der Waals surface area contributed by atoms with Gasteiger partial charge in [0.15, 0.2) is 0 Å². The normalized spacial score (nSPS) is 10.1. The highest BCUT2D eigenvalue weighted by Gasteiger charge is 2.09. The number of carboxylic acid groups (broad SMARTS) is 1. The van der Waals surface area contributed by atoms with Gasteiger partial charge >= 0.3 is 5.97 Å². The van der Waals surface area contributed by atoms with Gasteiger partial charge in [0.05, 0.1) is 6.61 Å². The van der Waals surface area contributed by atoms with Crippen LogP contribution in [0.2, 0.25) is 0 Å². The first-order valence-corrected chi connectivity index (χ1v) is 6.65. The third kappa shape index (κ3) is 4.42. The third-order valence-corrected chi connectivity index (χ3v) is 2.89. The van der Waals surface area contributed by atoms with Gasteiger partial charge in [-0.1, -0.05) is 18.2 Å². The summed E-state index contributed by atoms with van der Waals surface area (Å²) in [5, 5.41) is 21.4. The Hall–Kier alpha value is -2.69. The summed E-state index contributed by atoms with van der Waals surface area (Å²) in [5.41, 5.74) is 0.547. The van der Waals surface area contributed by atoms with Crippen LogP contribution in [0.4, 0.5) is 5.69 Å². The maximum Gasteiger partial charge on any atom is 0.339 e. The first-order valence-electron chi connectivity index (χ1n) is 6.65. The van der Waals surface area contributed by atoms with Gasteiger partial charge in [-0.25, -0.2) is 4.79 Å². The molecule has 0 bridgehead atoms. The first kappa shape index (κ1) is 14.7. The molecule has 110 valence electrons. The fourth-order valence-corrected chi connectivity index (χ4v) is 1.83.